The molecular formula is C20H52O10Si7. The highest BCUT2D eigenvalue weighted by Gasteiger charge is 2.59. The van der Waals surface area contributed by atoms with Crippen LogP contribution in [0.15, 0.2) is 0 Å². The molecule has 2 aliphatic rings. The Morgan fingerprint density at radius 3 is 1.08 bits per heavy atom. The van der Waals surface area contributed by atoms with Crippen LogP contribution < -0.4 is 0 Å². The van der Waals surface area contributed by atoms with E-state index in [4.69, 9.17) is 43.0 Å². The first kappa shape index (κ1) is 34.3. The third-order valence-corrected chi connectivity index (χ3v) is 27.6. The summed E-state index contributed by atoms with van der Waals surface area (Å²) in [5.41, 5.74) is 0. The Morgan fingerprint density at radius 1 is 0.432 bits per heavy atom. The van der Waals surface area contributed by atoms with Crippen LogP contribution >= 0.6 is 0 Å². The highest BCUT2D eigenvalue weighted by molar-refractivity contribution is 6.88. The van der Waals surface area contributed by atoms with Crippen molar-refractivity contribution in [3.8, 4) is 0 Å². The summed E-state index contributed by atoms with van der Waals surface area (Å²) in [6, 6.07) is 0. The van der Waals surface area contributed by atoms with Crippen molar-refractivity contribution in [2.45, 2.75) is 105 Å². The molecule has 0 bridgehead atoms. The normalized spacial score (nSPS) is 37.0. The molecule has 2 saturated heterocycles. The van der Waals surface area contributed by atoms with E-state index < -0.39 is 59.9 Å². The van der Waals surface area contributed by atoms with Crippen LogP contribution in [0.2, 0.25) is 65.5 Å². The lowest BCUT2D eigenvalue weighted by atomic mass is 10.5. The van der Waals surface area contributed by atoms with Crippen molar-refractivity contribution < 1.29 is 43.0 Å². The molecule has 0 aromatic carbocycles. The molecule has 1 spiro atoms. The van der Waals surface area contributed by atoms with E-state index in [0.717, 1.165) is 0 Å². The second kappa shape index (κ2) is 12.2. The minimum Gasteiger partial charge on any atom is -0.414 e. The van der Waals surface area contributed by atoms with Crippen LogP contribution in [0, 0.1) is 0 Å². The summed E-state index contributed by atoms with van der Waals surface area (Å²) in [5, 5.41) is 0. The number of hydrogen-bond acceptors (Lipinski definition) is 10. The summed E-state index contributed by atoms with van der Waals surface area (Å²) in [6.45, 7) is 28.8. The maximum atomic E-state index is 6.86. The largest absolute Gasteiger partial charge is 0.658 e. The Hall–Kier alpha value is 1.12. The molecule has 0 aromatic heterocycles. The monoisotopic (exact) mass is 648 g/mol. The van der Waals surface area contributed by atoms with E-state index in [9.17, 15) is 0 Å². The Labute approximate surface area is 232 Å². The van der Waals surface area contributed by atoms with Gasteiger partial charge in [0.2, 0.25) is 33.3 Å². The lowest BCUT2D eigenvalue weighted by molar-refractivity contribution is 0.0269. The zero-order valence-electron chi connectivity index (χ0n) is 25.6. The molecule has 0 unspecified atom stereocenters. The lowest BCUT2D eigenvalue weighted by Crippen LogP contribution is -2.69. The summed E-state index contributed by atoms with van der Waals surface area (Å²) in [5.74, 6) is 0. The van der Waals surface area contributed by atoms with Gasteiger partial charge in [0.25, 0.3) is 0 Å². The maximum Gasteiger partial charge on any atom is 0.658 e. The molecular weight excluding hydrogens is 597 g/mol. The third kappa shape index (κ3) is 11.5. The number of hydrogen-bond donors (Lipinski definition) is 0. The lowest BCUT2D eigenvalue weighted by Gasteiger charge is -2.46. The van der Waals surface area contributed by atoms with Crippen molar-refractivity contribution in [3.05, 3.63) is 0 Å². The first-order valence-corrected chi connectivity index (χ1v) is 31.8. The summed E-state index contributed by atoms with van der Waals surface area (Å²) in [4.78, 5) is 0. The fourth-order valence-electron chi connectivity index (χ4n) is 4.15. The zero-order chi connectivity index (χ0) is 28.6. The third-order valence-electron chi connectivity index (χ3n) is 5.18. The summed E-state index contributed by atoms with van der Waals surface area (Å²) in [6.07, 6.45) is 1.45. The van der Waals surface area contributed by atoms with Gasteiger partial charge in [-0.25, -0.2) is 0 Å². The minimum absolute atomic E-state index is 0.00466. The molecule has 17 heteroatoms. The van der Waals surface area contributed by atoms with Gasteiger partial charge >= 0.3 is 26.7 Å². The standard InChI is InChI=1S/C20H52O10Si7/c1-19(2)25-35(13)21-15-33(9,10)29-37(30-34(11,12)16-22-35)23-17-31(5,6)27-36(14,26-20(3)4)28-32(7,8)18-24-37/h19-20H,15-18H2,1-14H3. The molecule has 10 nitrogen and oxygen atoms in total. The summed E-state index contributed by atoms with van der Waals surface area (Å²) >= 11 is 0. The minimum atomic E-state index is -3.63. The van der Waals surface area contributed by atoms with Gasteiger partial charge < -0.3 is 43.0 Å². The fraction of sp³-hybridized carbons (Fsp3) is 1.00. The van der Waals surface area contributed by atoms with Crippen LogP contribution in [0.25, 0.3) is 0 Å². The number of rotatable bonds is 4. The molecule has 0 radical (unpaired) electrons. The second-order valence-electron chi connectivity index (χ2n) is 13.2. The SMILES string of the molecule is CC(C)O[Si]1(C)OC[Si](C)(C)O[Si]2(OC[Si](C)(C)O[Si](C)(OC(C)C)O[Si](C)(C)CO2)O[Si](C)(C)CO1. The van der Waals surface area contributed by atoms with Crippen molar-refractivity contribution in [3.63, 3.8) is 0 Å². The molecule has 0 N–H and O–H groups in total. The van der Waals surface area contributed by atoms with Crippen LogP contribution in [0.1, 0.15) is 27.7 Å². The van der Waals surface area contributed by atoms with Crippen molar-refractivity contribution in [2.75, 3.05) is 24.9 Å². The Bertz CT molecular complexity index is 720. The van der Waals surface area contributed by atoms with Crippen molar-refractivity contribution in [1.29, 1.82) is 0 Å². The highest BCUT2D eigenvalue weighted by atomic mass is 28.5. The van der Waals surface area contributed by atoms with E-state index in [0.29, 0.717) is 24.9 Å². The molecule has 0 atom stereocenters. The van der Waals surface area contributed by atoms with Gasteiger partial charge in [0.1, 0.15) is 0 Å². The Kier molecular flexibility index (Phi) is 11.3. The van der Waals surface area contributed by atoms with Crippen molar-refractivity contribution >= 4 is 59.9 Å². The van der Waals surface area contributed by atoms with E-state index in [-0.39, 0.29) is 12.2 Å². The van der Waals surface area contributed by atoms with Crippen LogP contribution in [0.4, 0.5) is 0 Å². The van der Waals surface area contributed by atoms with Gasteiger partial charge in [-0.15, -0.1) is 0 Å². The quantitative estimate of drug-likeness (QED) is 0.405. The predicted octanol–water partition coefficient (Wildman–Crippen LogP) is 4.55. The molecule has 2 rings (SSSR count). The molecule has 2 fully saturated rings. The maximum absolute atomic E-state index is 6.86. The van der Waals surface area contributed by atoms with Gasteiger partial charge in [0.05, 0.1) is 24.9 Å². The van der Waals surface area contributed by atoms with E-state index in [2.05, 4.69) is 52.4 Å². The average molecular weight is 649 g/mol. The first-order chi connectivity index (χ1) is 16.5. The highest BCUT2D eigenvalue weighted by Crippen LogP contribution is 2.32. The molecule has 220 valence electrons. The van der Waals surface area contributed by atoms with Crippen molar-refractivity contribution in [1.82, 2.24) is 0 Å². The van der Waals surface area contributed by atoms with Crippen LogP contribution in [0.3, 0.4) is 0 Å². The van der Waals surface area contributed by atoms with Crippen molar-refractivity contribution in [2.24, 2.45) is 0 Å². The van der Waals surface area contributed by atoms with Crippen LogP contribution in [-0.4, -0.2) is 97.1 Å². The molecule has 0 aromatic rings. The van der Waals surface area contributed by atoms with Gasteiger partial charge in [0.15, 0.2) is 0 Å². The fourth-order valence-corrected chi connectivity index (χ4v) is 32.0. The van der Waals surface area contributed by atoms with Gasteiger partial charge in [-0.1, -0.05) is 0 Å². The van der Waals surface area contributed by atoms with Gasteiger partial charge in [-0.2, -0.15) is 0 Å². The Morgan fingerprint density at radius 2 is 0.730 bits per heavy atom. The predicted molar refractivity (Wildman–Crippen MR) is 160 cm³/mol. The zero-order valence-corrected chi connectivity index (χ0v) is 32.6. The molecule has 37 heavy (non-hydrogen) atoms. The molecule has 0 aliphatic carbocycles. The van der Waals surface area contributed by atoms with Crippen LogP contribution in [-0.2, 0) is 43.0 Å². The van der Waals surface area contributed by atoms with E-state index in [1.165, 1.54) is 0 Å². The molecule has 0 saturated carbocycles. The van der Waals surface area contributed by atoms with Crippen LogP contribution in [0.5, 0.6) is 0 Å². The first-order valence-electron chi connectivity index (χ1n) is 13.2. The summed E-state index contributed by atoms with van der Waals surface area (Å²) in [7, 11) is -19.3. The molecule has 2 heterocycles. The van der Waals surface area contributed by atoms with E-state index in [1.54, 1.807) is 0 Å². The van der Waals surface area contributed by atoms with E-state index in [1.807, 2.05) is 40.8 Å². The molecule has 0 amide bonds. The van der Waals surface area contributed by atoms with Gasteiger partial charge in [-0.05, 0) is 80.1 Å². The van der Waals surface area contributed by atoms with E-state index >= 15 is 0 Å². The second-order valence-corrected chi connectivity index (χ2v) is 37.7. The molecule has 2 aliphatic heterocycles. The Balaban J connectivity index is 2.43. The summed E-state index contributed by atoms with van der Waals surface area (Å²) < 4.78 is 65.6. The smallest absolute Gasteiger partial charge is 0.414 e. The topological polar surface area (TPSA) is 92.3 Å². The van der Waals surface area contributed by atoms with Gasteiger partial charge in [-0.3, -0.25) is 0 Å². The van der Waals surface area contributed by atoms with Gasteiger partial charge in [0, 0.05) is 25.3 Å². The average Bonchev–Trinajstić information content (AvgIpc) is 2.64.